The highest BCUT2D eigenvalue weighted by atomic mass is 35.5. The molecule has 88 valence electrons. The number of halogens is 3. The van der Waals surface area contributed by atoms with Crippen LogP contribution < -0.4 is 5.32 Å². The van der Waals surface area contributed by atoms with Gasteiger partial charge >= 0.3 is 0 Å². The highest BCUT2D eigenvalue weighted by molar-refractivity contribution is 6.42. The van der Waals surface area contributed by atoms with E-state index >= 15 is 0 Å². The molecule has 0 atom stereocenters. The number of benzene rings is 2. The molecule has 1 N–H and O–H groups in total. The fraction of sp³-hybridized carbons (Fsp3) is 0.0769. The zero-order valence-corrected chi connectivity index (χ0v) is 11.2. The lowest BCUT2D eigenvalue weighted by molar-refractivity contribution is 1.15. The molecule has 0 saturated heterocycles. The lowest BCUT2D eigenvalue weighted by Gasteiger charge is -2.07. The summed E-state index contributed by atoms with van der Waals surface area (Å²) in [7, 11) is 0. The van der Waals surface area contributed by atoms with Crippen molar-refractivity contribution in [3.8, 4) is 0 Å². The molecule has 0 fully saturated rings. The van der Waals surface area contributed by atoms with Crippen LogP contribution in [0.5, 0.6) is 0 Å². The highest BCUT2D eigenvalue weighted by Crippen LogP contribution is 2.23. The summed E-state index contributed by atoms with van der Waals surface area (Å²) in [5.41, 5.74) is 2.09. The molecule has 1 nitrogen and oxygen atoms in total. The van der Waals surface area contributed by atoms with Crippen molar-refractivity contribution in [2.24, 2.45) is 0 Å². The van der Waals surface area contributed by atoms with Gasteiger partial charge in [0.05, 0.1) is 10.0 Å². The van der Waals surface area contributed by atoms with E-state index in [0.29, 0.717) is 16.6 Å². The van der Waals surface area contributed by atoms with Crippen LogP contribution in [-0.4, -0.2) is 0 Å². The van der Waals surface area contributed by atoms with Gasteiger partial charge in [-0.15, -0.1) is 0 Å². The van der Waals surface area contributed by atoms with Crippen LogP contribution in [0.15, 0.2) is 42.5 Å². The van der Waals surface area contributed by atoms with E-state index < -0.39 is 0 Å². The van der Waals surface area contributed by atoms with Crippen LogP contribution in [0.25, 0.3) is 0 Å². The fourth-order valence-corrected chi connectivity index (χ4v) is 1.87. The first kappa shape index (κ1) is 12.6. The molecule has 0 amide bonds. The second-order valence-electron chi connectivity index (χ2n) is 3.61. The first-order chi connectivity index (χ1) is 8.15. The summed E-state index contributed by atoms with van der Waals surface area (Å²) in [6.07, 6.45) is 0. The highest BCUT2D eigenvalue weighted by Gasteiger charge is 1.99. The van der Waals surface area contributed by atoms with Crippen LogP contribution in [-0.2, 0) is 6.54 Å². The molecule has 0 aromatic heterocycles. The van der Waals surface area contributed by atoms with Crippen molar-refractivity contribution in [1.29, 1.82) is 0 Å². The zero-order valence-electron chi connectivity index (χ0n) is 8.88. The van der Waals surface area contributed by atoms with Gasteiger partial charge in [0, 0.05) is 17.3 Å². The summed E-state index contributed by atoms with van der Waals surface area (Å²) in [5.74, 6) is 0. The Morgan fingerprint density at radius 2 is 1.53 bits per heavy atom. The summed E-state index contributed by atoms with van der Waals surface area (Å²) in [6.45, 7) is 0.693. The van der Waals surface area contributed by atoms with Crippen LogP contribution >= 0.6 is 34.8 Å². The maximum absolute atomic E-state index is 5.94. The standard InChI is InChI=1S/C13H10Cl3N/c14-10-2-4-11(5-3-10)17-8-9-1-6-12(15)13(16)7-9/h1-7,17H,8H2. The predicted molar refractivity (Wildman–Crippen MR) is 75.2 cm³/mol. The SMILES string of the molecule is Clc1ccc(NCc2ccc(Cl)c(Cl)c2)cc1. The smallest absolute Gasteiger partial charge is 0.0595 e. The average molecular weight is 287 g/mol. The molecule has 0 aliphatic heterocycles. The monoisotopic (exact) mass is 285 g/mol. The Hall–Kier alpha value is -0.890. The maximum Gasteiger partial charge on any atom is 0.0595 e. The Labute approximate surface area is 115 Å². The minimum atomic E-state index is 0.571. The number of nitrogens with one attached hydrogen (secondary N) is 1. The lowest BCUT2D eigenvalue weighted by Crippen LogP contribution is -1.98. The van der Waals surface area contributed by atoms with E-state index in [2.05, 4.69) is 5.32 Å². The molecule has 0 saturated carbocycles. The molecule has 2 aromatic rings. The van der Waals surface area contributed by atoms with Gasteiger partial charge in [0.25, 0.3) is 0 Å². The van der Waals surface area contributed by atoms with Crippen molar-refractivity contribution >= 4 is 40.5 Å². The molecular weight excluding hydrogens is 277 g/mol. The summed E-state index contributed by atoms with van der Waals surface area (Å²) in [6, 6.07) is 13.1. The third-order valence-electron chi connectivity index (χ3n) is 2.32. The van der Waals surface area contributed by atoms with E-state index in [-0.39, 0.29) is 0 Å². The molecule has 0 aliphatic rings. The summed E-state index contributed by atoms with van der Waals surface area (Å²) in [4.78, 5) is 0. The van der Waals surface area contributed by atoms with Crippen LogP contribution in [0.3, 0.4) is 0 Å². The summed E-state index contributed by atoms with van der Waals surface area (Å²) < 4.78 is 0. The first-order valence-corrected chi connectivity index (χ1v) is 6.22. The van der Waals surface area contributed by atoms with Gasteiger partial charge in [-0.2, -0.15) is 0 Å². The Balaban J connectivity index is 2.02. The van der Waals surface area contributed by atoms with Crippen LogP contribution in [0.2, 0.25) is 15.1 Å². The third kappa shape index (κ3) is 3.53. The van der Waals surface area contributed by atoms with Crippen molar-refractivity contribution in [1.82, 2.24) is 0 Å². The molecule has 2 aromatic carbocycles. The van der Waals surface area contributed by atoms with Crippen molar-refractivity contribution in [3.05, 3.63) is 63.1 Å². The van der Waals surface area contributed by atoms with E-state index in [1.807, 2.05) is 36.4 Å². The quantitative estimate of drug-likeness (QED) is 0.811. The Morgan fingerprint density at radius 3 is 2.18 bits per heavy atom. The number of hydrogen-bond donors (Lipinski definition) is 1. The summed E-state index contributed by atoms with van der Waals surface area (Å²) in [5, 5.41) is 5.14. The van der Waals surface area contributed by atoms with E-state index in [1.54, 1.807) is 6.07 Å². The normalized spacial score (nSPS) is 10.3. The average Bonchev–Trinajstić information content (AvgIpc) is 2.33. The molecule has 0 heterocycles. The maximum atomic E-state index is 5.94. The van der Waals surface area contributed by atoms with Gasteiger partial charge < -0.3 is 5.32 Å². The molecule has 0 radical (unpaired) electrons. The predicted octanol–water partition coefficient (Wildman–Crippen LogP) is 5.26. The number of rotatable bonds is 3. The van der Waals surface area contributed by atoms with Gasteiger partial charge in [0.2, 0.25) is 0 Å². The number of hydrogen-bond acceptors (Lipinski definition) is 1. The second-order valence-corrected chi connectivity index (χ2v) is 4.86. The molecule has 0 unspecified atom stereocenters. The van der Waals surface area contributed by atoms with Gasteiger partial charge in [-0.25, -0.2) is 0 Å². The van der Waals surface area contributed by atoms with Crippen molar-refractivity contribution in [2.45, 2.75) is 6.54 Å². The zero-order chi connectivity index (χ0) is 12.3. The third-order valence-corrected chi connectivity index (χ3v) is 3.32. The van der Waals surface area contributed by atoms with Crippen molar-refractivity contribution in [2.75, 3.05) is 5.32 Å². The molecule has 0 aliphatic carbocycles. The molecule has 4 heteroatoms. The lowest BCUT2D eigenvalue weighted by atomic mass is 10.2. The van der Waals surface area contributed by atoms with E-state index in [0.717, 1.165) is 16.3 Å². The van der Waals surface area contributed by atoms with E-state index in [4.69, 9.17) is 34.8 Å². The fourth-order valence-electron chi connectivity index (χ4n) is 1.42. The van der Waals surface area contributed by atoms with Crippen LogP contribution in [0.1, 0.15) is 5.56 Å². The molecule has 2 rings (SSSR count). The Kier molecular flexibility index (Phi) is 4.16. The van der Waals surface area contributed by atoms with Crippen LogP contribution in [0.4, 0.5) is 5.69 Å². The van der Waals surface area contributed by atoms with Crippen molar-refractivity contribution in [3.63, 3.8) is 0 Å². The van der Waals surface area contributed by atoms with E-state index in [1.165, 1.54) is 0 Å². The minimum absolute atomic E-state index is 0.571. The van der Waals surface area contributed by atoms with Gasteiger partial charge in [-0.1, -0.05) is 40.9 Å². The topological polar surface area (TPSA) is 12.0 Å². The van der Waals surface area contributed by atoms with E-state index in [9.17, 15) is 0 Å². The van der Waals surface area contributed by atoms with Crippen molar-refractivity contribution < 1.29 is 0 Å². The molecule has 17 heavy (non-hydrogen) atoms. The van der Waals surface area contributed by atoms with Gasteiger partial charge in [-0.3, -0.25) is 0 Å². The number of anilines is 1. The molecule has 0 bridgehead atoms. The van der Waals surface area contributed by atoms with Gasteiger partial charge in [0.1, 0.15) is 0 Å². The minimum Gasteiger partial charge on any atom is -0.381 e. The van der Waals surface area contributed by atoms with Gasteiger partial charge in [-0.05, 0) is 42.0 Å². The largest absolute Gasteiger partial charge is 0.381 e. The first-order valence-electron chi connectivity index (χ1n) is 5.08. The second kappa shape index (κ2) is 5.63. The Morgan fingerprint density at radius 1 is 0.824 bits per heavy atom. The van der Waals surface area contributed by atoms with Gasteiger partial charge in [0.15, 0.2) is 0 Å². The Bertz CT molecular complexity index is 509. The summed E-state index contributed by atoms with van der Waals surface area (Å²) >= 11 is 17.6. The van der Waals surface area contributed by atoms with Crippen LogP contribution in [0, 0.1) is 0 Å². The molecular formula is C13H10Cl3N. The molecule has 0 spiro atoms.